The second-order valence-electron chi connectivity index (χ2n) is 2.66. The molecule has 0 rings (SSSR count). The Hall–Kier alpha value is -0.0400. The lowest BCUT2D eigenvalue weighted by molar-refractivity contribution is 0.587. The average Bonchev–Trinajstić information content (AvgIpc) is 1.90. The predicted molar refractivity (Wildman–Crippen MR) is 49.1 cm³/mol. The van der Waals surface area contributed by atoms with Crippen LogP contribution >= 0.6 is 0 Å². The summed E-state index contributed by atoms with van der Waals surface area (Å²) in [6, 6.07) is 0.449. The lowest BCUT2D eigenvalue weighted by atomic mass is 10.1. The molecule has 0 saturated carbocycles. The largest absolute Gasteiger partial charge is 0.328 e. The molecule has 0 spiro atoms. The Kier molecular flexibility index (Phi) is 14.8. The monoisotopic (exact) mass is 145 g/mol. The van der Waals surface area contributed by atoms with Gasteiger partial charge in [0.25, 0.3) is 0 Å². The van der Waals surface area contributed by atoms with E-state index >= 15 is 0 Å². The summed E-state index contributed by atoms with van der Waals surface area (Å²) in [6.07, 6.45) is 4.76. The Labute approximate surface area is 66.0 Å². The fourth-order valence-corrected chi connectivity index (χ4v) is 0.575. The first-order valence-electron chi connectivity index (χ1n) is 4.48. The van der Waals surface area contributed by atoms with E-state index < -0.39 is 0 Å². The van der Waals surface area contributed by atoms with Gasteiger partial charge in [-0.1, -0.05) is 40.5 Å². The molecule has 1 unspecified atom stereocenters. The molecule has 0 aliphatic heterocycles. The minimum absolute atomic E-state index is 0.449. The van der Waals surface area contributed by atoms with Crippen molar-refractivity contribution in [3.63, 3.8) is 0 Å². The zero-order valence-corrected chi connectivity index (χ0v) is 7.98. The van der Waals surface area contributed by atoms with E-state index in [0.29, 0.717) is 6.04 Å². The van der Waals surface area contributed by atoms with Crippen LogP contribution in [0.2, 0.25) is 0 Å². The van der Waals surface area contributed by atoms with E-state index in [0.717, 1.165) is 6.42 Å². The molecule has 10 heavy (non-hydrogen) atoms. The molecule has 0 bridgehead atoms. The van der Waals surface area contributed by atoms with Gasteiger partial charge in [0.15, 0.2) is 0 Å². The summed E-state index contributed by atoms with van der Waals surface area (Å²) in [6.45, 7) is 8.54. The molecular formula is C9H23N. The molecule has 0 amide bonds. The Morgan fingerprint density at radius 1 is 1.10 bits per heavy atom. The number of rotatable bonds is 3. The van der Waals surface area contributed by atoms with E-state index in [1.165, 1.54) is 19.3 Å². The normalized spacial score (nSPS) is 11.7. The molecule has 0 aliphatic carbocycles. The van der Waals surface area contributed by atoms with Crippen molar-refractivity contribution in [1.82, 2.24) is 0 Å². The summed E-state index contributed by atoms with van der Waals surface area (Å²) in [4.78, 5) is 0. The third kappa shape index (κ3) is 15.7. The Balaban J connectivity index is 0. The highest BCUT2D eigenvalue weighted by atomic mass is 14.6. The highest BCUT2D eigenvalue weighted by Gasteiger charge is 1.92. The predicted octanol–water partition coefficient (Wildman–Crippen LogP) is 2.94. The summed E-state index contributed by atoms with van der Waals surface area (Å²) in [5.41, 5.74) is 5.58. The molecule has 2 N–H and O–H groups in total. The van der Waals surface area contributed by atoms with Gasteiger partial charge in [-0.25, -0.2) is 0 Å². The van der Waals surface area contributed by atoms with Gasteiger partial charge in [-0.3, -0.25) is 0 Å². The number of hydrogen-bond donors (Lipinski definition) is 1. The van der Waals surface area contributed by atoms with Crippen molar-refractivity contribution in [2.45, 2.75) is 59.4 Å². The smallest absolute Gasteiger partial charge is 0.00361 e. The van der Waals surface area contributed by atoms with Gasteiger partial charge in [0.2, 0.25) is 0 Å². The first kappa shape index (κ1) is 12.6. The maximum absolute atomic E-state index is 5.58. The highest BCUT2D eigenvalue weighted by molar-refractivity contribution is 4.54. The molecule has 0 fully saturated rings. The summed E-state index contributed by atoms with van der Waals surface area (Å²) < 4.78 is 0. The van der Waals surface area contributed by atoms with Gasteiger partial charge in [-0.15, -0.1) is 0 Å². The summed E-state index contributed by atoms with van der Waals surface area (Å²) in [7, 11) is 0. The molecule has 1 atom stereocenters. The molecule has 0 aromatic rings. The lowest BCUT2D eigenvalue weighted by Gasteiger charge is -2.03. The third-order valence-corrected chi connectivity index (χ3v) is 1.18. The van der Waals surface area contributed by atoms with Crippen molar-refractivity contribution < 1.29 is 0 Å². The van der Waals surface area contributed by atoms with Crippen LogP contribution in [0.1, 0.15) is 53.4 Å². The van der Waals surface area contributed by atoms with Gasteiger partial charge in [-0.05, 0) is 12.8 Å². The van der Waals surface area contributed by atoms with Crippen LogP contribution in [0.25, 0.3) is 0 Å². The fourth-order valence-electron chi connectivity index (χ4n) is 0.575. The Bertz CT molecular complexity index is 44.0. The quantitative estimate of drug-likeness (QED) is 0.649. The zero-order chi connectivity index (χ0) is 8.41. The van der Waals surface area contributed by atoms with Crippen molar-refractivity contribution in [3.05, 3.63) is 0 Å². The lowest BCUT2D eigenvalue weighted by Crippen LogP contribution is -2.17. The van der Waals surface area contributed by atoms with Gasteiger partial charge in [0.05, 0.1) is 0 Å². The number of hydrogen-bond acceptors (Lipinski definition) is 1. The third-order valence-electron chi connectivity index (χ3n) is 1.18. The molecule has 0 heterocycles. The van der Waals surface area contributed by atoms with E-state index in [1.54, 1.807) is 0 Å². The minimum atomic E-state index is 0.449. The van der Waals surface area contributed by atoms with Crippen LogP contribution in [0.15, 0.2) is 0 Å². The van der Waals surface area contributed by atoms with Crippen LogP contribution in [0.4, 0.5) is 0 Å². The van der Waals surface area contributed by atoms with E-state index in [4.69, 9.17) is 5.73 Å². The molecule has 64 valence electrons. The van der Waals surface area contributed by atoms with Crippen LogP contribution in [-0.2, 0) is 0 Å². The molecule has 0 aromatic heterocycles. The van der Waals surface area contributed by atoms with E-state index in [1.807, 2.05) is 0 Å². The van der Waals surface area contributed by atoms with Crippen molar-refractivity contribution in [2.24, 2.45) is 5.73 Å². The maximum atomic E-state index is 5.58. The SMILES string of the molecule is CCC.CCCC(N)CC. The summed E-state index contributed by atoms with van der Waals surface area (Å²) in [5, 5.41) is 0. The van der Waals surface area contributed by atoms with Gasteiger partial charge in [0.1, 0.15) is 0 Å². The first-order valence-corrected chi connectivity index (χ1v) is 4.48. The Morgan fingerprint density at radius 3 is 1.60 bits per heavy atom. The van der Waals surface area contributed by atoms with Crippen molar-refractivity contribution in [2.75, 3.05) is 0 Å². The maximum Gasteiger partial charge on any atom is 0.00361 e. The topological polar surface area (TPSA) is 26.0 Å². The highest BCUT2D eigenvalue weighted by Crippen LogP contribution is 1.95. The number of nitrogens with two attached hydrogens (primary N) is 1. The molecule has 0 saturated heterocycles. The van der Waals surface area contributed by atoms with E-state index in [2.05, 4.69) is 27.7 Å². The fraction of sp³-hybridized carbons (Fsp3) is 1.00. The molecule has 0 aliphatic rings. The molecule has 0 radical (unpaired) electrons. The minimum Gasteiger partial charge on any atom is -0.328 e. The van der Waals surface area contributed by atoms with Crippen LogP contribution in [-0.4, -0.2) is 6.04 Å². The van der Waals surface area contributed by atoms with Gasteiger partial charge in [0, 0.05) is 6.04 Å². The van der Waals surface area contributed by atoms with Gasteiger partial charge < -0.3 is 5.73 Å². The van der Waals surface area contributed by atoms with E-state index in [-0.39, 0.29) is 0 Å². The zero-order valence-electron chi connectivity index (χ0n) is 7.98. The Morgan fingerprint density at radius 2 is 1.50 bits per heavy atom. The standard InChI is InChI=1S/C6H15N.C3H8/c1-3-5-6(7)4-2;1-3-2/h6H,3-5,7H2,1-2H3;3H2,1-2H3. The van der Waals surface area contributed by atoms with Gasteiger partial charge in [-0.2, -0.15) is 0 Å². The average molecular weight is 145 g/mol. The molecule has 1 nitrogen and oxygen atoms in total. The summed E-state index contributed by atoms with van der Waals surface area (Å²) in [5.74, 6) is 0. The van der Waals surface area contributed by atoms with Gasteiger partial charge >= 0.3 is 0 Å². The van der Waals surface area contributed by atoms with E-state index in [9.17, 15) is 0 Å². The summed E-state index contributed by atoms with van der Waals surface area (Å²) >= 11 is 0. The second-order valence-corrected chi connectivity index (χ2v) is 2.66. The van der Waals surface area contributed by atoms with Crippen molar-refractivity contribution >= 4 is 0 Å². The van der Waals surface area contributed by atoms with Crippen LogP contribution in [0, 0.1) is 0 Å². The second kappa shape index (κ2) is 11.7. The van der Waals surface area contributed by atoms with Crippen LogP contribution in [0.5, 0.6) is 0 Å². The first-order chi connectivity index (χ1) is 4.72. The van der Waals surface area contributed by atoms with Crippen molar-refractivity contribution in [3.8, 4) is 0 Å². The van der Waals surface area contributed by atoms with Crippen LogP contribution in [0.3, 0.4) is 0 Å². The molecule has 0 aromatic carbocycles. The molecule has 1 heteroatoms. The molecular weight excluding hydrogens is 122 g/mol. The van der Waals surface area contributed by atoms with Crippen molar-refractivity contribution in [1.29, 1.82) is 0 Å². The van der Waals surface area contributed by atoms with Crippen LogP contribution < -0.4 is 5.73 Å².